The van der Waals surface area contributed by atoms with Crippen LogP contribution in [0, 0.1) is 0 Å². The van der Waals surface area contributed by atoms with E-state index >= 15 is 0 Å². The van der Waals surface area contributed by atoms with Gasteiger partial charge in [0.1, 0.15) is 36.5 Å². The number of anilines is 1. The first-order valence-electron chi connectivity index (χ1n) is 11.6. The fourth-order valence-corrected chi connectivity index (χ4v) is 4.53. The first-order chi connectivity index (χ1) is 17.1. The molecule has 1 atom stereocenters. The van der Waals surface area contributed by atoms with Crippen molar-refractivity contribution in [2.75, 3.05) is 18.5 Å². The Morgan fingerprint density at radius 1 is 0.943 bits per heavy atom. The fraction of sp³-hybridized carbons (Fsp3) is 0.179. The quantitative estimate of drug-likeness (QED) is 0.436. The minimum atomic E-state index is -0.425. The normalized spacial score (nSPS) is 16.0. The second-order valence-electron chi connectivity index (χ2n) is 8.72. The van der Waals surface area contributed by atoms with Crippen molar-refractivity contribution < 1.29 is 23.9 Å². The smallest absolute Gasteiger partial charge is 0.359 e. The van der Waals surface area contributed by atoms with Gasteiger partial charge >= 0.3 is 11.7 Å². The molecular formula is C28H24N3O4+. The lowest BCUT2D eigenvalue weighted by Crippen LogP contribution is -2.44. The molecule has 2 N–H and O–H groups in total. The number of rotatable bonds is 5. The Bertz CT molecular complexity index is 1400. The van der Waals surface area contributed by atoms with Crippen LogP contribution in [0.5, 0.6) is 17.2 Å². The van der Waals surface area contributed by atoms with E-state index in [0.29, 0.717) is 49.1 Å². The zero-order valence-corrected chi connectivity index (χ0v) is 19.0. The monoisotopic (exact) mass is 466 g/mol. The molecule has 6 rings (SSSR count). The van der Waals surface area contributed by atoms with Crippen LogP contribution in [-0.4, -0.2) is 35.3 Å². The van der Waals surface area contributed by atoms with Crippen LogP contribution in [-0.2, 0) is 12.8 Å². The van der Waals surface area contributed by atoms with Crippen LogP contribution in [0.15, 0.2) is 79.0 Å². The van der Waals surface area contributed by atoms with Gasteiger partial charge in [0.25, 0.3) is 0 Å². The van der Waals surface area contributed by atoms with Crippen molar-refractivity contribution in [3.8, 4) is 28.5 Å². The summed E-state index contributed by atoms with van der Waals surface area (Å²) in [6, 6.07) is 22.3. The molecule has 0 bridgehead atoms. The first-order valence-corrected chi connectivity index (χ1v) is 11.6. The van der Waals surface area contributed by atoms with Gasteiger partial charge in [-0.15, -0.1) is 0 Å². The van der Waals surface area contributed by atoms with E-state index in [9.17, 15) is 9.90 Å². The lowest BCUT2D eigenvalue weighted by Gasteiger charge is -2.18. The second kappa shape index (κ2) is 8.76. The average molecular weight is 467 g/mol. The number of phenolic OH excluding ortho intramolecular Hbond substituents is 1. The molecule has 2 aliphatic rings. The lowest BCUT2D eigenvalue weighted by atomic mass is 10.1. The Kier molecular flexibility index (Phi) is 5.29. The molecule has 2 aliphatic heterocycles. The van der Waals surface area contributed by atoms with Gasteiger partial charge in [0.05, 0.1) is 0 Å². The maximum absolute atomic E-state index is 13.5. The van der Waals surface area contributed by atoms with Crippen LogP contribution in [0.1, 0.15) is 21.6 Å². The van der Waals surface area contributed by atoms with Crippen molar-refractivity contribution in [1.82, 2.24) is 4.98 Å². The molecule has 3 heterocycles. The Labute approximate surface area is 202 Å². The summed E-state index contributed by atoms with van der Waals surface area (Å²) in [4.78, 5) is 18.4. The third kappa shape index (κ3) is 4.17. The van der Waals surface area contributed by atoms with Crippen molar-refractivity contribution in [3.05, 3.63) is 95.8 Å². The molecule has 0 saturated heterocycles. The molecule has 1 unspecified atom stereocenters. The molecule has 7 nitrogen and oxygen atoms in total. The number of hydrogen-bond acceptors (Lipinski definition) is 6. The highest BCUT2D eigenvalue weighted by Gasteiger charge is 2.41. The van der Waals surface area contributed by atoms with Gasteiger partial charge in [-0.3, -0.25) is 5.32 Å². The Hall–Kier alpha value is -4.39. The van der Waals surface area contributed by atoms with E-state index in [0.717, 1.165) is 22.4 Å². The van der Waals surface area contributed by atoms with Gasteiger partial charge in [0.2, 0.25) is 0 Å². The van der Waals surface area contributed by atoms with E-state index in [-0.39, 0.29) is 11.7 Å². The summed E-state index contributed by atoms with van der Waals surface area (Å²) >= 11 is 0. The fourth-order valence-electron chi connectivity index (χ4n) is 4.53. The number of benzene rings is 3. The third-order valence-electron chi connectivity index (χ3n) is 6.30. The number of nitrogens with one attached hydrogen (secondary N) is 1. The predicted octanol–water partition coefficient (Wildman–Crippen LogP) is 3.78. The average Bonchev–Trinajstić information content (AvgIpc) is 3.21. The maximum atomic E-state index is 13.5. The van der Waals surface area contributed by atoms with E-state index in [1.54, 1.807) is 22.9 Å². The Balaban J connectivity index is 1.39. The number of carbonyl (C=O) groups excluding carboxylic acids is 1. The molecule has 4 aromatic rings. The van der Waals surface area contributed by atoms with Crippen molar-refractivity contribution in [1.29, 1.82) is 0 Å². The Morgan fingerprint density at radius 3 is 2.51 bits per heavy atom. The van der Waals surface area contributed by atoms with Gasteiger partial charge in [-0.05, 0) is 41.5 Å². The molecule has 1 aromatic heterocycles. The highest BCUT2D eigenvalue weighted by Crippen LogP contribution is 2.34. The van der Waals surface area contributed by atoms with Crippen LogP contribution in [0.3, 0.4) is 0 Å². The highest BCUT2D eigenvalue weighted by molar-refractivity contribution is 5.83. The minimum absolute atomic E-state index is 0.0384. The molecular weight excluding hydrogens is 442 g/mol. The van der Waals surface area contributed by atoms with Gasteiger partial charge in [-0.2, -0.15) is 4.57 Å². The topological polar surface area (TPSA) is 84.6 Å². The van der Waals surface area contributed by atoms with Crippen LogP contribution in [0.25, 0.3) is 11.3 Å². The first kappa shape index (κ1) is 21.2. The van der Waals surface area contributed by atoms with E-state index in [1.165, 1.54) is 0 Å². The summed E-state index contributed by atoms with van der Waals surface area (Å²) < 4.78 is 13.1. The van der Waals surface area contributed by atoms with E-state index in [4.69, 9.17) is 14.5 Å². The molecule has 0 amide bonds. The predicted molar refractivity (Wildman–Crippen MR) is 130 cm³/mol. The van der Waals surface area contributed by atoms with Crippen molar-refractivity contribution in [3.63, 3.8) is 0 Å². The second-order valence-corrected chi connectivity index (χ2v) is 8.72. The van der Waals surface area contributed by atoms with Crippen molar-refractivity contribution in [2.24, 2.45) is 0 Å². The van der Waals surface area contributed by atoms with Gasteiger partial charge < -0.3 is 14.6 Å². The number of carbonyl (C=O) groups is 1. The summed E-state index contributed by atoms with van der Waals surface area (Å²) in [6.07, 6.45) is 2.88. The Morgan fingerprint density at radius 2 is 1.71 bits per heavy atom. The lowest BCUT2D eigenvalue weighted by molar-refractivity contribution is -0.552. The molecule has 0 radical (unpaired) electrons. The number of aromatic nitrogens is 2. The van der Waals surface area contributed by atoms with Crippen molar-refractivity contribution >= 4 is 11.7 Å². The number of ether oxygens (including phenoxy) is 2. The molecule has 35 heavy (non-hydrogen) atoms. The number of aromatic hydroxyl groups is 1. The zero-order chi connectivity index (χ0) is 23.8. The van der Waals surface area contributed by atoms with Crippen LogP contribution < -0.4 is 19.4 Å². The highest BCUT2D eigenvalue weighted by atomic mass is 16.6. The van der Waals surface area contributed by atoms with Gasteiger partial charge in [0.15, 0.2) is 17.5 Å². The van der Waals surface area contributed by atoms with Crippen LogP contribution >= 0.6 is 0 Å². The number of phenols is 1. The molecule has 0 spiro atoms. The SMILES string of the molecule is O=C1C(Cc2ccc(O)cc2)Nc2c(Cc3ccccc3)nc(-c3ccc4c(c3)OCCO4)c[n+]21. The van der Waals surface area contributed by atoms with Gasteiger partial charge in [-0.25, -0.2) is 9.78 Å². The number of nitrogens with zero attached hydrogens (tertiary/aromatic N) is 2. The van der Waals surface area contributed by atoms with Crippen molar-refractivity contribution in [2.45, 2.75) is 18.9 Å². The largest absolute Gasteiger partial charge is 0.508 e. The molecule has 3 aromatic carbocycles. The van der Waals surface area contributed by atoms with Gasteiger partial charge in [0, 0.05) is 18.4 Å². The standard InChI is InChI=1S/C28H23N3O4/c32-21-9-6-19(7-10-21)15-23-28(33)31-17-24(20-8-11-25-26(16-20)35-13-12-34-25)29-22(27(31)30-23)14-18-4-2-1-3-5-18/h1-11,16-17,23,32H,12-15H2/p+1. The molecule has 0 saturated carbocycles. The van der Waals surface area contributed by atoms with Crippen LogP contribution in [0.2, 0.25) is 0 Å². The van der Waals surface area contributed by atoms with E-state index in [2.05, 4.69) is 17.4 Å². The van der Waals surface area contributed by atoms with Gasteiger partial charge in [-0.1, -0.05) is 42.5 Å². The summed E-state index contributed by atoms with van der Waals surface area (Å²) in [5.41, 5.74) is 4.42. The minimum Gasteiger partial charge on any atom is -0.508 e. The third-order valence-corrected chi connectivity index (χ3v) is 6.30. The van der Waals surface area contributed by atoms with Crippen LogP contribution in [0.4, 0.5) is 5.82 Å². The molecule has 0 aliphatic carbocycles. The maximum Gasteiger partial charge on any atom is 0.359 e. The summed E-state index contributed by atoms with van der Waals surface area (Å²) in [7, 11) is 0. The van der Waals surface area contributed by atoms with E-state index < -0.39 is 6.04 Å². The number of fused-ring (bicyclic) bond motifs is 2. The zero-order valence-electron chi connectivity index (χ0n) is 19.0. The summed E-state index contributed by atoms with van der Waals surface area (Å²) in [5, 5.41) is 13.0. The number of hydrogen-bond donors (Lipinski definition) is 2. The summed E-state index contributed by atoms with van der Waals surface area (Å²) in [5.74, 6) is 2.27. The summed E-state index contributed by atoms with van der Waals surface area (Å²) in [6.45, 7) is 1.03. The molecule has 7 heteroatoms. The molecule has 0 fully saturated rings. The van der Waals surface area contributed by atoms with E-state index in [1.807, 2.05) is 48.5 Å². The molecule has 174 valence electrons.